The van der Waals surface area contributed by atoms with Gasteiger partial charge in [0.05, 0.1) is 23.4 Å². The molecule has 0 bridgehead atoms. The number of carbonyl (C=O) groups excluding carboxylic acids is 1. The van der Waals surface area contributed by atoms with Crippen molar-refractivity contribution in [1.82, 2.24) is 9.38 Å². The molecule has 0 N–H and O–H groups in total. The van der Waals surface area contributed by atoms with Crippen LogP contribution in [0.5, 0.6) is 0 Å². The summed E-state index contributed by atoms with van der Waals surface area (Å²) < 4.78 is 19.1. The Hall–Kier alpha value is -1.57. The van der Waals surface area contributed by atoms with Crippen molar-refractivity contribution in [3.8, 4) is 0 Å². The molecule has 0 amide bonds. The fraction of sp³-hybridized carbons (Fsp3) is 0.500. The molecule has 1 aliphatic rings. The van der Waals surface area contributed by atoms with Crippen molar-refractivity contribution >= 4 is 36.6 Å². The minimum Gasteiger partial charge on any atom is -0.462 e. The van der Waals surface area contributed by atoms with Crippen molar-refractivity contribution in [3.05, 3.63) is 30.2 Å². The number of hydrogen-bond acceptors (Lipinski definition) is 5. The number of esters is 1. The molecular formula is C16H22BClN2O4. The molecule has 1 saturated heterocycles. The van der Waals surface area contributed by atoms with Crippen LogP contribution >= 0.6 is 12.4 Å². The number of hydrogen-bond donors (Lipinski definition) is 0. The van der Waals surface area contributed by atoms with Gasteiger partial charge in [0.15, 0.2) is 0 Å². The molecule has 0 atom stereocenters. The second-order valence-corrected chi connectivity index (χ2v) is 6.65. The Kier molecular flexibility index (Phi) is 5.00. The quantitative estimate of drug-likeness (QED) is 0.626. The summed E-state index contributed by atoms with van der Waals surface area (Å²) >= 11 is 0. The van der Waals surface area contributed by atoms with Crippen molar-refractivity contribution in [2.75, 3.05) is 6.61 Å². The number of imidazole rings is 1. The second kappa shape index (κ2) is 6.39. The molecule has 0 unspecified atom stereocenters. The molecule has 0 saturated carbocycles. The van der Waals surface area contributed by atoms with Gasteiger partial charge in [0.2, 0.25) is 0 Å². The number of pyridine rings is 1. The molecule has 8 heteroatoms. The highest BCUT2D eigenvalue weighted by Crippen LogP contribution is 2.36. The summed E-state index contributed by atoms with van der Waals surface area (Å²) in [5.74, 6) is -0.374. The van der Waals surface area contributed by atoms with E-state index >= 15 is 0 Å². The van der Waals surface area contributed by atoms with Gasteiger partial charge in [-0.2, -0.15) is 0 Å². The van der Waals surface area contributed by atoms with Gasteiger partial charge in [-0.15, -0.1) is 12.4 Å². The summed E-state index contributed by atoms with van der Waals surface area (Å²) in [5.41, 5.74) is 0.959. The third-order valence-corrected chi connectivity index (χ3v) is 4.53. The van der Waals surface area contributed by atoms with Crippen LogP contribution < -0.4 is 5.46 Å². The molecule has 0 radical (unpaired) electrons. The number of halogens is 1. The zero-order chi connectivity index (χ0) is 16.8. The van der Waals surface area contributed by atoms with Crippen molar-refractivity contribution in [2.24, 2.45) is 0 Å². The summed E-state index contributed by atoms with van der Waals surface area (Å²) in [6, 6.07) is 1.74. The van der Waals surface area contributed by atoms with Crippen LogP contribution in [0, 0.1) is 0 Å². The summed E-state index contributed by atoms with van der Waals surface area (Å²) in [6.45, 7) is 10.1. The smallest absolute Gasteiger partial charge is 0.462 e. The lowest BCUT2D eigenvalue weighted by Gasteiger charge is -2.32. The van der Waals surface area contributed by atoms with Gasteiger partial charge < -0.3 is 18.4 Å². The van der Waals surface area contributed by atoms with E-state index in [-0.39, 0.29) is 18.4 Å². The fourth-order valence-corrected chi connectivity index (χ4v) is 2.53. The summed E-state index contributed by atoms with van der Waals surface area (Å²) in [7, 11) is -0.584. The molecular weight excluding hydrogens is 330 g/mol. The van der Waals surface area contributed by atoms with Gasteiger partial charge >= 0.3 is 13.1 Å². The minimum absolute atomic E-state index is 0. The van der Waals surface area contributed by atoms with Gasteiger partial charge in [0.1, 0.15) is 5.65 Å². The zero-order valence-corrected chi connectivity index (χ0v) is 15.3. The Morgan fingerprint density at radius 3 is 2.50 bits per heavy atom. The van der Waals surface area contributed by atoms with Crippen molar-refractivity contribution in [3.63, 3.8) is 0 Å². The predicted octanol–water partition coefficient (Wildman–Crippen LogP) is 2.23. The van der Waals surface area contributed by atoms with Crippen LogP contribution in [0.4, 0.5) is 0 Å². The third kappa shape index (κ3) is 3.03. The second-order valence-electron chi connectivity index (χ2n) is 6.65. The lowest BCUT2D eigenvalue weighted by atomic mass is 9.79. The SMILES string of the molecule is CCOC(=O)c1cc(B2OC(C)(C)C(C)(C)O2)c2nccn2c1.Cl. The number of aromatic nitrogens is 2. The lowest BCUT2D eigenvalue weighted by Crippen LogP contribution is -2.41. The molecule has 1 fully saturated rings. The number of carbonyl (C=O) groups is 1. The fourth-order valence-electron chi connectivity index (χ4n) is 2.53. The monoisotopic (exact) mass is 352 g/mol. The normalized spacial score (nSPS) is 18.5. The van der Waals surface area contributed by atoms with Crippen molar-refractivity contribution in [1.29, 1.82) is 0 Å². The molecule has 2 aromatic rings. The standard InChI is InChI=1S/C16H21BN2O4.ClH/c1-6-21-14(20)11-9-12(13-18-7-8-19(13)10-11)17-22-15(2,3)16(4,5)23-17;/h7-10H,6H2,1-5H3;1H. The Labute approximate surface area is 148 Å². The molecule has 2 aromatic heterocycles. The Balaban J connectivity index is 0.00000208. The molecule has 130 valence electrons. The van der Waals surface area contributed by atoms with E-state index in [1.807, 2.05) is 27.7 Å². The highest BCUT2D eigenvalue weighted by atomic mass is 35.5. The van der Waals surface area contributed by atoms with E-state index < -0.39 is 18.3 Å². The van der Waals surface area contributed by atoms with Crippen LogP contribution in [0.1, 0.15) is 45.0 Å². The molecule has 0 spiro atoms. The van der Waals surface area contributed by atoms with Crippen LogP contribution in [0.15, 0.2) is 24.7 Å². The maximum absolute atomic E-state index is 12.1. The van der Waals surface area contributed by atoms with Crippen molar-refractivity contribution in [2.45, 2.75) is 45.8 Å². The lowest BCUT2D eigenvalue weighted by molar-refractivity contribution is 0.00578. The van der Waals surface area contributed by atoms with Crippen LogP contribution in [0.2, 0.25) is 0 Å². The molecule has 0 aromatic carbocycles. The van der Waals surface area contributed by atoms with Crippen LogP contribution in [0.3, 0.4) is 0 Å². The largest absolute Gasteiger partial charge is 0.498 e. The van der Waals surface area contributed by atoms with E-state index in [0.717, 1.165) is 5.46 Å². The first kappa shape index (κ1) is 18.8. The van der Waals surface area contributed by atoms with Gasteiger partial charge in [-0.25, -0.2) is 9.78 Å². The Morgan fingerprint density at radius 1 is 1.29 bits per heavy atom. The van der Waals surface area contributed by atoms with Crippen LogP contribution in [-0.2, 0) is 14.0 Å². The maximum atomic E-state index is 12.1. The van der Waals surface area contributed by atoms with Gasteiger partial charge in [-0.3, -0.25) is 0 Å². The highest BCUT2D eigenvalue weighted by Gasteiger charge is 2.52. The van der Waals surface area contributed by atoms with Gasteiger partial charge in [0, 0.05) is 24.1 Å². The molecule has 24 heavy (non-hydrogen) atoms. The molecule has 6 nitrogen and oxygen atoms in total. The van der Waals surface area contributed by atoms with Crippen LogP contribution in [-0.4, -0.2) is 40.3 Å². The highest BCUT2D eigenvalue weighted by molar-refractivity contribution is 6.64. The van der Waals surface area contributed by atoms with E-state index in [0.29, 0.717) is 17.8 Å². The van der Waals surface area contributed by atoms with E-state index in [1.54, 1.807) is 36.0 Å². The molecule has 3 rings (SSSR count). The average Bonchev–Trinajstić information content (AvgIpc) is 3.00. The first-order chi connectivity index (χ1) is 10.7. The van der Waals surface area contributed by atoms with Crippen molar-refractivity contribution < 1.29 is 18.8 Å². The Morgan fingerprint density at radius 2 is 1.92 bits per heavy atom. The van der Waals surface area contributed by atoms with E-state index in [2.05, 4.69) is 4.98 Å². The first-order valence-corrected chi connectivity index (χ1v) is 7.74. The van der Waals surface area contributed by atoms with E-state index in [1.165, 1.54) is 0 Å². The molecule has 0 aliphatic carbocycles. The topological polar surface area (TPSA) is 62.1 Å². The predicted molar refractivity (Wildman–Crippen MR) is 94.1 cm³/mol. The first-order valence-electron chi connectivity index (χ1n) is 7.74. The van der Waals surface area contributed by atoms with Gasteiger partial charge in [-0.05, 0) is 40.7 Å². The average molecular weight is 353 g/mol. The van der Waals surface area contributed by atoms with Gasteiger partial charge in [0.25, 0.3) is 0 Å². The maximum Gasteiger partial charge on any atom is 0.498 e. The Bertz CT molecular complexity index is 744. The summed E-state index contributed by atoms with van der Waals surface area (Å²) in [5, 5.41) is 0. The molecule has 3 heterocycles. The number of fused-ring (bicyclic) bond motifs is 1. The number of rotatable bonds is 3. The van der Waals surface area contributed by atoms with E-state index in [4.69, 9.17) is 14.0 Å². The minimum atomic E-state index is -0.584. The number of ether oxygens (including phenoxy) is 1. The van der Waals surface area contributed by atoms with E-state index in [9.17, 15) is 4.79 Å². The summed E-state index contributed by atoms with van der Waals surface area (Å²) in [6.07, 6.45) is 5.17. The van der Waals surface area contributed by atoms with Gasteiger partial charge in [-0.1, -0.05) is 0 Å². The van der Waals surface area contributed by atoms with Crippen LogP contribution in [0.25, 0.3) is 5.65 Å². The molecule has 1 aliphatic heterocycles. The third-order valence-electron chi connectivity index (χ3n) is 4.53. The number of nitrogens with zero attached hydrogens (tertiary/aromatic N) is 2. The summed E-state index contributed by atoms with van der Waals surface area (Å²) in [4.78, 5) is 16.5. The zero-order valence-electron chi connectivity index (χ0n) is 14.5.